The average Bonchev–Trinajstić information content (AvgIpc) is 2.87. The smallest absolute Gasteiger partial charge is 0.320 e. The number of piperazine rings is 1. The number of nitrogens with zero attached hydrogens (tertiary/aromatic N) is 3. The molecule has 0 saturated carbocycles. The molecule has 0 aromatic carbocycles. The quantitative estimate of drug-likeness (QED) is 0.754. The van der Waals surface area contributed by atoms with Crippen molar-refractivity contribution in [3.8, 4) is 0 Å². The highest BCUT2D eigenvalue weighted by Crippen LogP contribution is 2.20. The number of amides is 2. The van der Waals surface area contributed by atoms with Gasteiger partial charge in [0.2, 0.25) is 11.8 Å². The second-order valence-electron chi connectivity index (χ2n) is 5.71. The van der Waals surface area contributed by atoms with E-state index in [2.05, 4.69) is 0 Å². The van der Waals surface area contributed by atoms with E-state index in [1.807, 2.05) is 11.8 Å². The minimum Gasteiger partial charge on any atom is -0.480 e. The van der Waals surface area contributed by atoms with Crippen LogP contribution in [0.1, 0.15) is 20.3 Å². The molecule has 0 aromatic rings. The van der Waals surface area contributed by atoms with E-state index >= 15 is 0 Å². The van der Waals surface area contributed by atoms with Crippen LogP contribution < -0.4 is 0 Å². The molecule has 2 aliphatic rings. The molecular weight excluding hydrogens is 274 g/mol. The molecule has 7 nitrogen and oxygen atoms in total. The molecule has 2 unspecified atom stereocenters. The van der Waals surface area contributed by atoms with Gasteiger partial charge in [-0.1, -0.05) is 0 Å². The average molecular weight is 297 g/mol. The summed E-state index contributed by atoms with van der Waals surface area (Å²) in [6.45, 7) is 6.94. The first-order valence-corrected chi connectivity index (χ1v) is 7.47. The number of rotatable bonds is 4. The summed E-state index contributed by atoms with van der Waals surface area (Å²) < 4.78 is 0. The molecule has 0 radical (unpaired) electrons. The van der Waals surface area contributed by atoms with Crippen LogP contribution in [-0.2, 0) is 14.4 Å². The first kappa shape index (κ1) is 15.8. The van der Waals surface area contributed by atoms with Gasteiger partial charge in [-0.25, -0.2) is 0 Å². The van der Waals surface area contributed by atoms with Crippen LogP contribution in [0.15, 0.2) is 0 Å². The van der Waals surface area contributed by atoms with Crippen molar-refractivity contribution < 1.29 is 19.5 Å². The Morgan fingerprint density at radius 1 is 1.29 bits per heavy atom. The van der Waals surface area contributed by atoms with Crippen molar-refractivity contribution in [2.75, 3.05) is 39.3 Å². The maximum atomic E-state index is 12.4. The highest BCUT2D eigenvalue weighted by molar-refractivity contribution is 5.89. The van der Waals surface area contributed by atoms with E-state index in [1.54, 1.807) is 16.7 Å². The zero-order valence-corrected chi connectivity index (χ0v) is 12.6. The number of hydrogen-bond acceptors (Lipinski definition) is 4. The van der Waals surface area contributed by atoms with Crippen molar-refractivity contribution in [3.05, 3.63) is 0 Å². The van der Waals surface area contributed by atoms with Crippen LogP contribution in [0.25, 0.3) is 0 Å². The van der Waals surface area contributed by atoms with E-state index in [4.69, 9.17) is 5.11 Å². The predicted octanol–water partition coefficient (Wildman–Crippen LogP) is -0.528. The van der Waals surface area contributed by atoms with Gasteiger partial charge in [0.25, 0.3) is 0 Å². The first-order chi connectivity index (χ1) is 9.93. The molecule has 0 bridgehead atoms. The fourth-order valence-corrected chi connectivity index (χ4v) is 2.99. The molecule has 2 atom stereocenters. The number of aliphatic carboxylic acids is 1. The summed E-state index contributed by atoms with van der Waals surface area (Å²) in [7, 11) is 0. The monoisotopic (exact) mass is 297 g/mol. The van der Waals surface area contributed by atoms with Crippen LogP contribution in [0, 0.1) is 5.92 Å². The summed E-state index contributed by atoms with van der Waals surface area (Å²) in [5.74, 6) is -0.994. The molecule has 7 heteroatoms. The topological polar surface area (TPSA) is 81.2 Å². The van der Waals surface area contributed by atoms with Crippen molar-refractivity contribution in [2.24, 2.45) is 5.92 Å². The standard InChI is InChI=1S/C14H23N3O4/c1-3-15-9-11(8-12(15)18)13(19)17-6-4-16(5-7-17)10(2)14(20)21/h10-11H,3-9H2,1-2H3,(H,20,21). The molecule has 1 N–H and O–H groups in total. The Morgan fingerprint density at radius 2 is 1.90 bits per heavy atom. The molecule has 2 saturated heterocycles. The molecule has 2 fully saturated rings. The maximum Gasteiger partial charge on any atom is 0.320 e. The Morgan fingerprint density at radius 3 is 2.38 bits per heavy atom. The minimum absolute atomic E-state index is 0.0296. The van der Waals surface area contributed by atoms with E-state index in [9.17, 15) is 14.4 Å². The molecule has 2 aliphatic heterocycles. The van der Waals surface area contributed by atoms with Gasteiger partial charge in [-0.05, 0) is 13.8 Å². The fraction of sp³-hybridized carbons (Fsp3) is 0.786. The lowest BCUT2D eigenvalue weighted by atomic mass is 10.1. The zero-order chi connectivity index (χ0) is 15.6. The van der Waals surface area contributed by atoms with Gasteiger partial charge in [-0.15, -0.1) is 0 Å². The highest BCUT2D eigenvalue weighted by atomic mass is 16.4. The van der Waals surface area contributed by atoms with Gasteiger partial charge in [-0.3, -0.25) is 19.3 Å². The maximum absolute atomic E-state index is 12.4. The number of carboxylic acids is 1. The summed E-state index contributed by atoms with van der Waals surface area (Å²) in [5, 5.41) is 9.00. The molecule has 0 aliphatic carbocycles. The molecule has 0 aromatic heterocycles. The number of likely N-dealkylation sites (tertiary alicyclic amines) is 1. The van der Waals surface area contributed by atoms with Crippen LogP contribution in [0.3, 0.4) is 0 Å². The van der Waals surface area contributed by atoms with Crippen LogP contribution >= 0.6 is 0 Å². The Labute approximate surface area is 124 Å². The summed E-state index contributed by atoms with van der Waals surface area (Å²) in [4.78, 5) is 40.4. The third-order valence-electron chi connectivity index (χ3n) is 4.48. The summed E-state index contributed by atoms with van der Waals surface area (Å²) >= 11 is 0. The van der Waals surface area contributed by atoms with Gasteiger partial charge in [0.05, 0.1) is 5.92 Å². The third kappa shape index (κ3) is 3.34. The van der Waals surface area contributed by atoms with Crippen molar-refractivity contribution >= 4 is 17.8 Å². The number of carbonyl (C=O) groups excluding carboxylic acids is 2. The van der Waals surface area contributed by atoms with Crippen molar-refractivity contribution in [1.29, 1.82) is 0 Å². The van der Waals surface area contributed by atoms with E-state index in [0.717, 1.165) is 0 Å². The summed E-state index contributed by atoms with van der Waals surface area (Å²) in [5.41, 5.74) is 0. The highest BCUT2D eigenvalue weighted by Gasteiger charge is 2.37. The molecule has 2 heterocycles. The zero-order valence-electron chi connectivity index (χ0n) is 12.6. The summed E-state index contributed by atoms with van der Waals surface area (Å²) in [6.07, 6.45) is 0.304. The second kappa shape index (κ2) is 6.43. The second-order valence-corrected chi connectivity index (χ2v) is 5.71. The molecule has 21 heavy (non-hydrogen) atoms. The Balaban J connectivity index is 1.86. The van der Waals surface area contributed by atoms with Gasteiger partial charge >= 0.3 is 5.97 Å². The van der Waals surface area contributed by atoms with Crippen LogP contribution in [0.2, 0.25) is 0 Å². The lowest BCUT2D eigenvalue weighted by molar-refractivity contribution is -0.144. The van der Waals surface area contributed by atoms with Crippen LogP contribution in [0.4, 0.5) is 0 Å². The molecule has 118 valence electrons. The molecular formula is C14H23N3O4. The first-order valence-electron chi connectivity index (χ1n) is 7.47. The van der Waals surface area contributed by atoms with Crippen LogP contribution in [-0.4, -0.2) is 82.9 Å². The lowest BCUT2D eigenvalue weighted by Crippen LogP contribution is -2.54. The lowest BCUT2D eigenvalue weighted by Gasteiger charge is -2.37. The number of carbonyl (C=O) groups is 3. The van der Waals surface area contributed by atoms with Crippen molar-refractivity contribution in [3.63, 3.8) is 0 Å². The number of hydrogen-bond donors (Lipinski definition) is 1. The van der Waals surface area contributed by atoms with E-state index in [1.165, 1.54) is 0 Å². The van der Waals surface area contributed by atoms with Gasteiger partial charge in [-0.2, -0.15) is 0 Å². The van der Waals surface area contributed by atoms with E-state index < -0.39 is 12.0 Å². The molecule has 2 rings (SSSR count). The molecule has 2 amide bonds. The predicted molar refractivity (Wildman–Crippen MR) is 75.6 cm³/mol. The Bertz CT molecular complexity index is 432. The van der Waals surface area contributed by atoms with Crippen molar-refractivity contribution in [1.82, 2.24) is 14.7 Å². The fourth-order valence-electron chi connectivity index (χ4n) is 2.99. The normalized spacial score (nSPS) is 25.2. The largest absolute Gasteiger partial charge is 0.480 e. The van der Waals surface area contributed by atoms with Crippen molar-refractivity contribution in [2.45, 2.75) is 26.3 Å². The number of carboxylic acid groups (broad SMARTS) is 1. The Kier molecular flexibility index (Phi) is 4.82. The Hall–Kier alpha value is -1.63. The van der Waals surface area contributed by atoms with Gasteiger partial charge in [0.15, 0.2) is 0 Å². The van der Waals surface area contributed by atoms with Crippen LogP contribution in [0.5, 0.6) is 0 Å². The van der Waals surface area contributed by atoms with E-state index in [-0.39, 0.29) is 17.7 Å². The van der Waals surface area contributed by atoms with Gasteiger partial charge in [0, 0.05) is 45.7 Å². The third-order valence-corrected chi connectivity index (χ3v) is 4.48. The van der Waals surface area contributed by atoms with Gasteiger partial charge < -0.3 is 14.9 Å². The van der Waals surface area contributed by atoms with E-state index in [0.29, 0.717) is 45.7 Å². The summed E-state index contributed by atoms with van der Waals surface area (Å²) in [6, 6.07) is -0.522. The molecule has 0 spiro atoms. The minimum atomic E-state index is -0.838. The van der Waals surface area contributed by atoms with Gasteiger partial charge in [0.1, 0.15) is 6.04 Å². The SMILES string of the molecule is CCN1CC(C(=O)N2CCN(C(C)C(=O)O)CC2)CC1=O.